The van der Waals surface area contributed by atoms with E-state index >= 15 is 0 Å². The molecule has 2 N–H and O–H groups in total. The number of anilines is 1. The van der Waals surface area contributed by atoms with Crippen LogP contribution < -0.4 is 5.32 Å². The third-order valence-electron chi connectivity index (χ3n) is 1.45. The Balaban J connectivity index is 3.01. The van der Waals surface area contributed by atoms with E-state index in [0.717, 1.165) is 0 Å². The highest BCUT2D eigenvalue weighted by Crippen LogP contribution is 2.18. The maximum Gasteiger partial charge on any atom is 0.394 e. The van der Waals surface area contributed by atoms with Gasteiger partial charge in [0.05, 0.1) is 5.69 Å². The molecule has 0 fully saturated rings. The van der Waals surface area contributed by atoms with Gasteiger partial charge in [0.2, 0.25) is 0 Å². The monoisotopic (exact) mass is 219 g/mol. The van der Waals surface area contributed by atoms with Crippen molar-refractivity contribution in [3.8, 4) is 0 Å². The lowest BCUT2D eigenvalue weighted by Crippen LogP contribution is -2.22. The maximum absolute atomic E-state index is 12.8. The van der Waals surface area contributed by atoms with E-state index in [0.29, 0.717) is 6.07 Å². The van der Waals surface area contributed by atoms with Crippen molar-refractivity contribution in [1.29, 1.82) is 0 Å². The second kappa shape index (κ2) is 3.99. The molecule has 4 nitrogen and oxygen atoms in total. The molecule has 0 aliphatic rings. The summed E-state index contributed by atoms with van der Waals surface area (Å²) in [7, 11) is 0. The van der Waals surface area contributed by atoms with Crippen LogP contribution in [0, 0.1) is 17.5 Å². The number of carbonyl (C=O) groups excluding carboxylic acids is 1. The smallest absolute Gasteiger partial charge is 0.394 e. The van der Waals surface area contributed by atoms with Crippen LogP contribution in [0.25, 0.3) is 0 Å². The molecular formula is C8H4F3NO3. The van der Waals surface area contributed by atoms with Crippen LogP contribution in [0.15, 0.2) is 12.1 Å². The predicted octanol–water partition coefficient (Wildman–Crippen LogP) is 1.13. The Morgan fingerprint density at radius 3 is 2.13 bits per heavy atom. The van der Waals surface area contributed by atoms with Gasteiger partial charge in [-0.15, -0.1) is 0 Å². The molecule has 1 amide bonds. The number of nitrogens with one attached hydrogen (secondary N) is 1. The second-order valence-electron chi connectivity index (χ2n) is 2.51. The van der Waals surface area contributed by atoms with Gasteiger partial charge < -0.3 is 10.4 Å². The van der Waals surface area contributed by atoms with Crippen molar-refractivity contribution in [2.75, 3.05) is 5.32 Å². The molecule has 0 aliphatic carbocycles. The Morgan fingerprint density at radius 1 is 1.07 bits per heavy atom. The van der Waals surface area contributed by atoms with E-state index in [4.69, 9.17) is 5.11 Å². The number of carboxylic acid groups (broad SMARTS) is 1. The van der Waals surface area contributed by atoms with Crippen LogP contribution in [0.3, 0.4) is 0 Å². The summed E-state index contributed by atoms with van der Waals surface area (Å²) in [4.78, 5) is 20.6. The van der Waals surface area contributed by atoms with E-state index in [-0.39, 0.29) is 6.07 Å². The first kappa shape index (κ1) is 11.0. The number of carbonyl (C=O) groups is 2. The van der Waals surface area contributed by atoms with Crippen LogP contribution in [-0.4, -0.2) is 17.0 Å². The van der Waals surface area contributed by atoms with E-state index < -0.39 is 35.0 Å². The van der Waals surface area contributed by atoms with Crippen LogP contribution in [-0.2, 0) is 9.59 Å². The van der Waals surface area contributed by atoms with Gasteiger partial charge in [0.1, 0.15) is 5.82 Å². The van der Waals surface area contributed by atoms with Gasteiger partial charge in [-0.2, -0.15) is 0 Å². The standard InChI is InChI=1S/C8H4F3NO3/c9-3-1-5(11)6(2-4(3)10)12-7(13)8(14)15/h1-2H,(H,12,13)(H,14,15). The first-order valence-corrected chi connectivity index (χ1v) is 3.60. The third kappa shape index (κ3) is 2.46. The summed E-state index contributed by atoms with van der Waals surface area (Å²) in [6, 6.07) is 0.554. The molecule has 0 spiro atoms. The number of halogens is 3. The Hall–Kier alpha value is -2.05. The molecule has 1 rings (SSSR count). The molecule has 1 aromatic carbocycles. The highest BCUT2D eigenvalue weighted by Gasteiger charge is 2.16. The van der Waals surface area contributed by atoms with E-state index in [1.54, 1.807) is 5.32 Å². The highest BCUT2D eigenvalue weighted by molar-refractivity contribution is 6.36. The maximum atomic E-state index is 12.8. The van der Waals surface area contributed by atoms with E-state index in [1.165, 1.54) is 0 Å². The molecule has 0 aliphatic heterocycles. The number of benzene rings is 1. The number of carboxylic acids is 1. The van der Waals surface area contributed by atoms with E-state index in [1.807, 2.05) is 0 Å². The van der Waals surface area contributed by atoms with Crippen molar-refractivity contribution in [3.05, 3.63) is 29.6 Å². The molecule has 0 unspecified atom stereocenters. The fourth-order valence-corrected chi connectivity index (χ4v) is 0.794. The van der Waals surface area contributed by atoms with Crippen LogP contribution in [0.4, 0.5) is 18.9 Å². The SMILES string of the molecule is O=C(O)C(=O)Nc1cc(F)c(F)cc1F. The number of amides is 1. The topological polar surface area (TPSA) is 66.4 Å². The summed E-state index contributed by atoms with van der Waals surface area (Å²) < 4.78 is 37.8. The van der Waals surface area contributed by atoms with Crippen molar-refractivity contribution in [3.63, 3.8) is 0 Å². The predicted molar refractivity (Wildman–Crippen MR) is 42.6 cm³/mol. The third-order valence-corrected chi connectivity index (χ3v) is 1.45. The second-order valence-corrected chi connectivity index (χ2v) is 2.51. The summed E-state index contributed by atoms with van der Waals surface area (Å²) in [5.74, 6) is -7.49. The molecule has 7 heteroatoms. The minimum atomic E-state index is -1.86. The molecule has 0 radical (unpaired) electrons. The molecule has 0 aromatic heterocycles. The summed E-state index contributed by atoms with van der Waals surface area (Å²) in [6.07, 6.45) is 0. The van der Waals surface area contributed by atoms with Gasteiger partial charge in [0.25, 0.3) is 0 Å². The average Bonchev–Trinajstić information content (AvgIpc) is 2.13. The Morgan fingerprint density at radius 2 is 1.60 bits per heavy atom. The molecular weight excluding hydrogens is 215 g/mol. The van der Waals surface area contributed by atoms with Crippen LogP contribution in [0.2, 0.25) is 0 Å². The zero-order valence-electron chi connectivity index (χ0n) is 7.05. The molecule has 80 valence electrons. The van der Waals surface area contributed by atoms with Crippen molar-refractivity contribution in [1.82, 2.24) is 0 Å². The summed E-state index contributed by atoms with van der Waals surface area (Å²) in [6.45, 7) is 0. The lowest BCUT2D eigenvalue weighted by molar-refractivity contribution is -0.147. The fourth-order valence-electron chi connectivity index (χ4n) is 0.794. The van der Waals surface area contributed by atoms with Gasteiger partial charge in [-0.3, -0.25) is 4.79 Å². The quantitative estimate of drug-likeness (QED) is 0.549. The highest BCUT2D eigenvalue weighted by atomic mass is 19.2. The largest absolute Gasteiger partial charge is 0.474 e. The zero-order valence-corrected chi connectivity index (χ0v) is 7.05. The Labute approximate surface area is 81.3 Å². The van der Waals surface area contributed by atoms with Crippen LogP contribution >= 0.6 is 0 Å². The Bertz CT molecular complexity index is 433. The van der Waals surface area contributed by atoms with Gasteiger partial charge in [-0.25, -0.2) is 18.0 Å². The van der Waals surface area contributed by atoms with Gasteiger partial charge in [0.15, 0.2) is 11.6 Å². The van der Waals surface area contributed by atoms with Gasteiger partial charge >= 0.3 is 11.9 Å². The number of hydrogen-bond acceptors (Lipinski definition) is 2. The number of aliphatic carboxylic acids is 1. The lowest BCUT2D eigenvalue weighted by Gasteiger charge is -2.03. The van der Waals surface area contributed by atoms with Gasteiger partial charge in [-0.1, -0.05) is 0 Å². The normalized spacial score (nSPS) is 9.80. The van der Waals surface area contributed by atoms with Crippen LogP contribution in [0.1, 0.15) is 0 Å². The van der Waals surface area contributed by atoms with Crippen LogP contribution in [0.5, 0.6) is 0 Å². The zero-order chi connectivity index (χ0) is 11.6. The molecule has 0 heterocycles. The van der Waals surface area contributed by atoms with Crippen molar-refractivity contribution in [2.24, 2.45) is 0 Å². The minimum absolute atomic E-state index is 0.201. The van der Waals surface area contributed by atoms with Gasteiger partial charge in [-0.05, 0) is 0 Å². The average molecular weight is 219 g/mol. The molecule has 0 saturated carbocycles. The first-order chi connectivity index (χ1) is 6.91. The summed E-state index contributed by atoms with van der Waals surface area (Å²) in [5.41, 5.74) is -0.735. The molecule has 15 heavy (non-hydrogen) atoms. The minimum Gasteiger partial charge on any atom is -0.474 e. The molecule has 0 atom stereocenters. The number of rotatable bonds is 1. The molecule has 0 saturated heterocycles. The van der Waals surface area contributed by atoms with Crippen molar-refractivity contribution < 1.29 is 27.9 Å². The van der Waals surface area contributed by atoms with Crippen molar-refractivity contribution >= 4 is 17.6 Å². The van der Waals surface area contributed by atoms with E-state index in [9.17, 15) is 22.8 Å². The summed E-state index contributed by atoms with van der Waals surface area (Å²) >= 11 is 0. The van der Waals surface area contributed by atoms with Gasteiger partial charge in [0, 0.05) is 12.1 Å². The van der Waals surface area contributed by atoms with E-state index in [2.05, 4.69) is 0 Å². The Kier molecular flexibility index (Phi) is 2.93. The lowest BCUT2D eigenvalue weighted by atomic mass is 10.3. The van der Waals surface area contributed by atoms with Crippen molar-refractivity contribution in [2.45, 2.75) is 0 Å². The first-order valence-electron chi connectivity index (χ1n) is 3.60. The molecule has 1 aromatic rings. The molecule has 0 bridgehead atoms. The fraction of sp³-hybridized carbons (Fsp3) is 0. The number of hydrogen-bond donors (Lipinski definition) is 2. The summed E-state index contributed by atoms with van der Waals surface area (Å²) in [5, 5.41) is 9.71.